The summed E-state index contributed by atoms with van der Waals surface area (Å²) in [5.41, 5.74) is 0.223. The Hall–Kier alpha value is -3.07. The summed E-state index contributed by atoms with van der Waals surface area (Å²) in [5.74, 6) is 0.101. The molecule has 2 aromatic heterocycles. The van der Waals surface area contributed by atoms with E-state index in [0.717, 1.165) is 10.3 Å². The van der Waals surface area contributed by atoms with Crippen LogP contribution in [-0.2, 0) is 29.7 Å². The first kappa shape index (κ1) is 19.3. The molecule has 1 aliphatic heterocycles. The van der Waals surface area contributed by atoms with Crippen LogP contribution in [0.3, 0.4) is 0 Å². The van der Waals surface area contributed by atoms with Crippen molar-refractivity contribution >= 4 is 40.4 Å². The van der Waals surface area contributed by atoms with Crippen molar-refractivity contribution in [3.05, 3.63) is 50.1 Å². The first-order valence-electron chi connectivity index (χ1n) is 9.11. The molecule has 0 fully saturated rings. The van der Waals surface area contributed by atoms with Crippen LogP contribution in [0.5, 0.6) is 0 Å². The Morgan fingerprint density at radius 2 is 2.07 bits per heavy atom. The van der Waals surface area contributed by atoms with Gasteiger partial charge in [0.1, 0.15) is 6.54 Å². The number of halogens is 1. The van der Waals surface area contributed by atoms with Crippen molar-refractivity contribution < 1.29 is 9.53 Å². The van der Waals surface area contributed by atoms with Gasteiger partial charge >= 0.3 is 11.7 Å². The van der Waals surface area contributed by atoms with Gasteiger partial charge in [0, 0.05) is 30.8 Å². The summed E-state index contributed by atoms with van der Waals surface area (Å²) in [6, 6.07) is 7.39. The summed E-state index contributed by atoms with van der Waals surface area (Å²) in [6.07, 6.45) is 0. The van der Waals surface area contributed by atoms with Crippen molar-refractivity contribution in [2.45, 2.75) is 20.0 Å². The summed E-state index contributed by atoms with van der Waals surface area (Å²) >= 11 is 6.16. The molecule has 0 amide bonds. The van der Waals surface area contributed by atoms with Crippen LogP contribution < -0.4 is 16.1 Å². The van der Waals surface area contributed by atoms with Crippen molar-refractivity contribution in [1.82, 2.24) is 18.7 Å². The largest absolute Gasteiger partial charge is 0.468 e. The maximum atomic E-state index is 13.1. The first-order valence-corrected chi connectivity index (χ1v) is 9.49. The molecule has 1 aliphatic rings. The molecule has 0 saturated heterocycles. The molecular formula is C19H20ClN5O4. The highest BCUT2D eigenvalue weighted by molar-refractivity contribution is 6.30. The van der Waals surface area contributed by atoms with Gasteiger partial charge in [-0.05, 0) is 24.1 Å². The van der Waals surface area contributed by atoms with Gasteiger partial charge in [-0.1, -0.05) is 24.6 Å². The standard InChI is InChI=1S/C19H20ClN5O4/c1-11-8-23(13-6-4-5-12(20)7-13)18-21-16-15(24(18)9-11)17(27)25(10-14(26)29-3)19(28)22(16)2/h4-7,11H,8-10H2,1-3H3/t11-/m0/s1. The lowest BCUT2D eigenvalue weighted by Crippen LogP contribution is -2.42. The number of methoxy groups -OCH3 is 1. The molecule has 3 aromatic rings. The third kappa shape index (κ3) is 3.11. The number of fused-ring (bicyclic) bond motifs is 3. The minimum atomic E-state index is -0.671. The van der Waals surface area contributed by atoms with E-state index < -0.39 is 23.8 Å². The van der Waals surface area contributed by atoms with Crippen LogP contribution >= 0.6 is 11.6 Å². The number of hydrogen-bond acceptors (Lipinski definition) is 6. The molecule has 1 aromatic carbocycles. The van der Waals surface area contributed by atoms with Crippen LogP contribution in [0, 0.1) is 5.92 Å². The highest BCUT2D eigenvalue weighted by Crippen LogP contribution is 2.33. The van der Waals surface area contributed by atoms with Gasteiger partial charge in [-0.15, -0.1) is 0 Å². The fraction of sp³-hybridized carbons (Fsp3) is 0.368. The molecule has 4 rings (SSSR count). The molecule has 3 heterocycles. The Morgan fingerprint density at radius 3 is 2.76 bits per heavy atom. The molecule has 1 atom stereocenters. The Bertz CT molecular complexity index is 1240. The number of ether oxygens (including phenoxy) is 1. The van der Waals surface area contributed by atoms with Gasteiger partial charge in [0.15, 0.2) is 11.2 Å². The predicted molar refractivity (Wildman–Crippen MR) is 109 cm³/mol. The average Bonchev–Trinajstić information content (AvgIpc) is 3.08. The number of nitrogens with zero attached hydrogens (tertiary/aromatic N) is 5. The second-order valence-electron chi connectivity index (χ2n) is 7.20. The SMILES string of the molecule is COC(=O)Cn1c(=O)c2c(nc3n2C[C@@H](C)CN3c2cccc(Cl)c2)n(C)c1=O. The lowest BCUT2D eigenvalue weighted by atomic mass is 10.1. The van der Waals surface area contributed by atoms with Gasteiger partial charge < -0.3 is 14.2 Å². The third-order valence-corrected chi connectivity index (χ3v) is 5.31. The maximum absolute atomic E-state index is 13.1. The molecular weight excluding hydrogens is 398 g/mol. The van der Waals surface area contributed by atoms with Crippen molar-refractivity contribution in [3.8, 4) is 0 Å². The Balaban J connectivity index is 1.99. The van der Waals surface area contributed by atoms with Crippen LogP contribution in [0.25, 0.3) is 11.2 Å². The maximum Gasteiger partial charge on any atom is 0.333 e. The van der Waals surface area contributed by atoms with E-state index in [9.17, 15) is 14.4 Å². The van der Waals surface area contributed by atoms with Gasteiger partial charge in [0.25, 0.3) is 5.56 Å². The molecule has 152 valence electrons. The Kier molecular flexibility index (Phi) is 4.70. The first-order chi connectivity index (χ1) is 13.8. The Labute approximate surface area is 170 Å². The number of hydrogen-bond donors (Lipinski definition) is 0. The fourth-order valence-electron chi connectivity index (χ4n) is 3.70. The van der Waals surface area contributed by atoms with E-state index in [1.807, 2.05) is 23.1 Å². The summed E-state index contributed by atoms with van der Waals surface area (Å²) < 4.78 is 8.59. The van der Waals surface area contributed by atoms with E-state index in [0.29, 0.717) is 24.1 Å². The number of rotatable bonds is 3. The van der Waals surface area contributed by atoms with Gasteiger partial charge in [-0.3, -0.25) is 14.2 Å². The van der Waals surface area contributed by atoms with Gasteiger partial charge in [0.2, 0.25) is 5.95 Å². The van der Waals surface area contributed by atoms with E-state index in [1.54, 1.807) is 10.6 Å². The molecule has 0 aliphatic carbocycles. The number of aryl methyl sites for hydroxylation is 1. The number of carbonyl (C=O) groups is 1. The summed E-state index contributed by atoms with van der Waals surface area (Å²) in [6.45, 7) is 2.87. The highest BCUT2D eigenvalue weighted by Gasteiger charge is 2.30. The number of anilines is 2. The molecule has 10 heteroatoms. The monoisotopic (exact) mass is 417 g/mol. The molecule has 0 N–H and O–H groups in total. The second-order valence-corrected chi connectivity index (χ2v) is 7.64. The summed E-state index contributed by atoms with van der Waals surface area (Å²) in [5, 5.41) is 0.594. The minimum Gasteiger partial charge on any atom is -0.468 e. The molecule has 9 nitrogen and oxygen atoms in total. The molecule has 0 bridgehead atoms. The van der Waals surface area contributed by atoms with Crippen LogP contribution in [0.15, 0.2) is 33.9 Å². The van der Waals surface area contributed by atoms with E-state index in [1.165, 1.54) is 18.7 Å². The molecule has 0 unspecified atom stereocenters. The molecule has 0 spiro atoms. The second kappa shape index (κ2) is 7.07. The van der Waals surface area contributed by atoms with Crippen molar-refractivity contribution in [1.29, 1.82) is 0 Å². The average molecular weight is 418 g/mol. The molecule has 29 heavy (non-hydrogen) atoms. The predicted octanol–water partition coefficient (Wildman–Crippen LogP) is 1.51. The van der Waals surface area contributed by atoms with Gasteiger partial charge in [0.05, 0.1) is 7.11 Å². The van der Waals surface area contributed by atoms with E-state index >= 15 is 0 Å². The summed E-state index contributed by atoms with van der Waals surface area (Å²) in [7, 11) is 2.74. The lowest BCUT2D eigenvalue weighted by molar-refractivity contribution is -0.141. The normalized spacial score (nSPS) is 16.1. The molecule has 0 saturated carbocycles. The zero-order chi connectivity index (χ0) is 20.9. The number of aromatic nitrogens is 4. The zero-order valence-electron chi connectivity index (χ0n) is 16.3. The zero-order valence-corrected chi connectivity index (χ0v) is 17.0. The minimum absolute atomic E-state index is 0.213. The van der Waals surface area contributed by atoms with Crippen LogP contribution in [0.4, 0.5) is 11.6 Å². The van der Waals surface area contributed by atoms with E-state index in [2.05, 4.69) is 16.6 Å². The topological polar surface area (TPSA) is 91.4 Å². The van der Waals surface area contributed by atoms with Crippen molar-refractivity contribution in [2.24, 2.45) is 13.0 Å². The van der Waals surface area contributed by atoms with Gasteiger partial charge in [-0.2, -0.15) is 4.98 Å². The van der Waals surface area contributed by atoms with Crippen LogP contribution in [0.1, 0.15) is 6.92 Å². The Morgan fingerprint density at radius 1 is 1.31 bits per heavy atom. The van der Waals surface area contributed by atoms with Crippen molar-refractivity contribution in [2.75, 3.05) is 18.6 Å². The van der Waals surface area contributed by atoms with Crippen molar-refractivity contribution in [3.63, 3.8) is 0 Å². The van der Waals surface area contributed by atoms with E-state index in [4.69, 9.17) is 11.6 Å². The number of carbonyl (C=O) groups excluding carboxylic acids is 1. The third-order valence-electron chi connectivity index (χ3n) is 5.08. The number of benzene rings is 1. The fourth-order valence-corrected chi connectivity index (χ4v) is 3.88. The summed E-state index contributed by atoms with van der Waals surface area (Å²) in [4.78, 5) is 44.1. The number of esters is 1. The lowest BCUT2D eigenvalue weighted by Gasteiger charge is -2.33. The number of imidazole rings is 1. The van der Waals surface area contributed by atoms with E-state index in [-0.39, 0.29) is 17.1 Å². The quantitative estimate of drug-likeness (QED) is 0.600. The molecule has 0 radical (unpaired) electrons. The van der Waals surface area contributed by atoms with Gasteiger partial charge in [-0.25, -0.2) is 9.36 Å². The highest BCUT2D eigenvalue weighted by atomic mass is 35.5. The van der Waals surface area contributed by atoms with Crippen LogP contribution in [0.2, 0.25) is 5.02 Å². The smallest absolute Gasteiger partial charge is 0.333 e. The van der Waals surface area contributed by atoms with Crippen LogP contribution in [-0.4, -0.2) is 38.3 Å².